The van der Waals surface area contributed by atoms with Gasteiger partial charge in [-0.2, -0.15) is 0 Å². The molecule has 8 heteroatoms. The molecule has 8 nitrogen and oxygen atoms in total. The lowest BCUT2D eigenvalue weighted by molar-refractivity contribution is -0.169. The molecular formula is C25H30O8. The van der Waals surface area contributed by atoms with Crippen LogP contribution in [0.1, 0.15) is 39.2 Å². The summed E-state index contributed by atoms with van der Waals surface area (Å²) in [6.45, 7) is 6.40. The Balaban J connectivity index is 2.84. The van der Waals surface area contributed by atoms with Crippen molar-refractivity contribution in [2.45, 2.75) is 33.6 Å². The molecule has 0 aliphatic carbocycles. The van der Waals surface area contributed by atoms with E-state index >= 15 is 0 Å². The van der Waals surface area contributed by atoms with Crippen LogP contribution in [0.4, 0.5) is 0 Å². The summed E-state index contributed by atoms with van der Waals surface area (Å²) in [6.07, 6.45) is 0. The number of esters is 4. The van der Waals surface area contributed by atoms with Crippen molar-refractivity contribution in [2.75, 3.05) is 26.4 Å². The lowest BCUT2D eigenvalue weighted by Gasteiger charge is -2.30. The van der Waals surface area contributed by atoms with Crippen molar-refractivity contribution < 1.29 is 38.1 Å². The van der Waals surface area contributed by atoms with Crippen molar-refractivity contribution in [1.82, 2.24) is 0 Å². The third-order valence-electron chi connectivity index (χ3n) is 5.06. The summed E-state index contributed by atoms with van der Waals surface area (Å²) < 4.78 is 20.7. The molecule has 0 saturated carbocycles. The zero-order valence-electron chi connectivity index (χ0n) is 19.4. The maximum absolute atomic E-state index is 13.0. The van der Waals surface area contributed by atoms with Crippen LogP contribution in [0.25, 0.3) is 10.8 Å². The number of benzene rings is 2. The summed E-state index contributed by atoms with van der Waals surface area (Å²) in [5, 5.41) is 1.47. The van der Waals surface area contributed by atoms with Gasteiger partial charge in [0.2, 0.25) is 0 Å². The van der Waals surface area contributed by atoms with Crippen LogP contribution in [0.2, 0.25) is 0 Å². The largest absolute Gasteiger partial charge is 0.465 e. The number of hydrogen-bond donors (Lipinski definition) is 0. The minimum absolute atomic E-state index is 0.000471. The van der Waals surface area contributed by atoms with Gasteiger partial charge < -0.3 is 18.9 Å². The first-order chi connectivity index (χ1) is 15.9. The summed E-state index contributed by atoms with van der Waals surface area (Å²) >= 11 is 0. The second-order valence-corrected chi connectivity index (χ2v) is 7.06. The van der Waals surface area contributed by atoms with Gasteiger partial charge in [0.05, 0.1) is 26.4 Å². The summed E-state index contributed by atoms with van der Waals surface area (Å²) in [7, 11) is 0. The van der Waals surface area contributed by atoms with Crippen LogP contribution >= 0.6 is 0 Å². The van der Waals surface area contributed by atoms with E-state index in [1.807, 2.05) is 18.2 Å². The Bertz CT molecular complexity index is 902. The van der Waals surface area contributed by atoms with Crippen LogP contribution in [0.5, 0.6) is 0 Å². The van der Waals surface area contributed by atoms with E-state index < -0.39 is 41.6 Å². The lowest BCUT2D eigenvalue weighted by atomic mass is 9.75. The van der Waals surface area contributed by atoms with Crippen molar-refractivity contribution in [3.8, 4) is 0 Å². The van der Waals surface area contributed by atoms with Crippen LogP contribution in [0.3, 0.4) is 0 Å². The molecule has 0 bridgehead atoms. The van der Waals surface area contributed by atoms with E-state index in [0.717, 1.165) is 5.39 Å². The highest BCUT2D eigenvalue weighted by Gasteiger charge is 2.50. The SMILES string of the molecule is CCOC(=O)C(C(=O)OCC)C(c1cccc2ccccc12)C(C(=O)OCC)C(=O)OCC. The molecule has 0 fully saturated rings. The molecule has 0 N–H and O–H groups in total. The Morgan fingerprint density at radius 2 is 1.00 bits per heavy atom. The summed E-state index contributed by atoms with van der Waals surface area (Å²) in [4.78, 5) is 52.2. The van der Waals surface area contributed by atoms with E-state index in [9.17, 15) is 19.2 Å². The maximum Gasteiger partial charge on any atom is 0.320 e. The molecule has 2 aromatic rings. The number of carbonyl (C=O) groups is 4. The molecule has 0 atom stereocenters. The maximum atomic E-state index is 13.0. The van der Waals surface area contributed by atoms with Gasteiger partial charge in [0.15, 0.2) is 11.8 Å². The standard InChI is InChI=1S/C25H30O8/c1-5-30-22(26)20(23(27)31-6-2)19(21(24(28)32-7-3)25(29)33-8-4)18-15-11-13-16-12-9-10-14-17(16)18/h9-15,19-21H,5-8H2,1-4H3. The lowest BCUT2D eigenvalue weighted by Crippen LogP contribution is -2.43. The molecule has 0 spiro atoms. The van der Waals surface area contributed by atoms with E-state index in [-0.39, 0.29) is 26.4 Å². The Morgan fingerprint density at radius 3 is 1.42 bits per heavy atom. The molecule has 0 aromatic heterocycles. The van der Waals surface area contributed by atoms with Crippen LogP contribution < -0.4 is 0 Å². The minimum Gasteiger partial charge on any atom is -0.465 e. The number of hydrogen-bond acceptors (Lipinski definition) is 8. The van der Waals surface area contributed by atoms with Gasteiger partial charge in [-0.05, 0) is 44.0 Å². The van der Waals surface area contributed by atoms with Gasteiger partial charge in [0.25, 0.3) is 0 Å². The minimum atomic E-state index is -1.59. The van der Waals surface area contributed by atoms with Crippen LogP contribution in [0, 0.1) is 11.8 Å². The topological polar surface area (TPSA) is 105 Å². The van der Waals surface area contributed by atoms with Crippen LogP contribution in [-0.2, 0) is 38.1 Å². The first-order valence-electron chi connectivity index (χ1n) is 11.0. The number of ether oxygens (including phenoxy) is 4. The predicted octanol–water partition coefficient (Wildman–Crippen LogP) is 3.41. The molecule has 0 aliphatic rings. The number of carbonyl (C=O) groups excluding carboxylic acids is 4. The monoisotopic (exact) mass is 458 g/mol. The molecule has 178 valence electrons. The molecule has 0 unspecified atom stereocenters. The normalized spacial score (nSPS) is 11.0. The molecule has 33 heavy (non-hydrogen) atoms. The highest BCUT2D eigenvalue weighted by Crippen LogP contribution is 2.39. The van der Waals surface area contributed by atoms with Gasteiger partial charge in [-0.1, -0.05) is 42.5 Å². The van der Waals surface area contributed by atoms with Crippen molar-refractivity contribution in [2.24, 2.45) is 11.8 Å². The first-order valence-corrected chi connectivity index (χ1v) is 11.0. The highest BCUT2D eigenvalue weighted by molar-refractivity contribution is 6.03. The molecule has 0 saturated heterocycles. The fourth-order valence-corrected chi connectivity index (χ4v) is 3.80. The second kappa shape index (κ2) is 12.6. The van der Waals surface area contributed by atoms with E-state index in [1.54, 1.807) is 52.0 Å². The zero-order valence-corrected chi connectivity index (χ0v) is 19.4. The molecule has 0 amide bonds. The third-order valence-corrected chi connectivity index (χ3v) is 5.06. The van der Waals surface area contributed by atoms with Crippen LogP contribution in [-0.4, -0.2) is 50.3 Å². The zero-order chi connectivity index (χ0) is 24.4. The summed E-state index contributed by atoms with van der Waals surface area (Å²) in [5.41, 5.74) is 0.435. The Kier molecular flexibility index (Phi) is 9.84. The molecule has 0 aliphatic heterocycles. The Morgan fingerprint density at radius 1 is 0.606 bits per heavy atom. The van der Waals surface area contributed by atoms with Crippen molar-refractivity contribution in [1.29, 1.82) is 0 Å². The Labute approximate surface area is 193 Å². The fraction of sp³-hybridized carbons (Fsp3) is 0.440. The molecular weight excluding hydrogens is 428 g/mol. The highest BCUT2D eigenvalue weighted by atomic mass is 16.6. The van der Waals surface area contributed by atoms with Crippen molar-refractivity contribution in [3.05, 3.63) is 48.0 Å². The van der Waals surface area contributed by atoms with Gasteiger partial charge in [-0.25, -0.2) is 0 Å². The van der Waals surface area contributed by atoms with E-state index in [2.05, 4.69) is 0 Å². The fourth-order valence-electron chi connectivity index (χ4n) is 3.80. The van der Waals surface area contributed by atoms with Gasteiger partial charge in [-0.3, -0.25) is 19.2 Å². The molecule has 0 heterocycles. The van der Waals surface area contributed by atoms with Gasteiger partial charge in [0, 0.05) is 5.92 Å². The molecule has 2 aromatic carbocycles. The van der Waals surface area contributed by atoms with Gasteiger partial charge >= 0.3 is 23.9 Å². The summed E-state index contributed by atoms with van der Waals surface area (Å²) in [5.74, 6) is -8.03. The van der Waals surface area contributed by atoms with Gasteiger partial charge in [0.1, 0.15) is 0 Å². The first kappa shape index (κ1) is 25.8. The van der Waals surface area contributed by atoms with Crippen molar-refractivity contribution >= 4 is 34.6 Å². The van der Waals surface area contributed by atoms with Crippen LogP contribution in [0.15, 0.2) is 42.5 Å². The molecule has 0 radical (unpaired) electrons. The Hall–Kier alpha value is -3.42. The van der Waals surface area contributed by atoms with E-state index in [0.29, 0.717) is 10.9 Å². The van der Waals surface area contributed by atoms with E-state index in [1.165, 1.54) is 0 Å². The quantitative estimate of drug-likeness (QED) is 0.287. The third kappa shape index (κ3) is 6.09. The number of rotatable bonds is 11. The van der Waals surface area contributed by atoms with Gasteiger partial charge in [-0.15, -0.1) is 0 Å². The average molecular weight is 459 g/mol. The second-order valence-electron chi connectivity index (χ2n) is 7.06. The smallest absolute Gasteiger partial charge is 0.320 e. The average Bonchev–Trinajstić information content (AvgIpc) is 2.79. The predicted molar refractivity (Wildman–Crippen MR) is 120 cm³/mol. The summed E-state index contributed by atoms with van der Waals surface area (Å²) in [6, 6.07) is 12.5. The molecule has 2 rings (SSSR count). The van der Waals surface area contributed by atoms with Crippen molar-refractivity contribution in [3.63, 3.8) is 0 Å². The number of fused-ring (bicyclic) bond motifs is 1. The van der Waals surface area contributed by atoms with E-state index in [4.69, 9.17) is 18.9 Å².